The Kier molecular flexibility index (Phi) is 5.95. The molecule has 3 rings (SSSR count). The number of piperidine rings is 1. The van der Waals surface area contributed by atoms with E-state index in [2.05, 4.69) is 44.5 Å². The molecule has 0 aliphatic carbocycles. The number of likely N-dealkylation sites (tertiary alicyclic amines) is 2. The van der Waals surface area contributed by atoms with Gasteiger partial charge in [-0.15, -0.1) is 11.3 Å². The quantitative estimate of drug-likeness (QED) is 0.678. The Bertz CT molecular complexity index is 493. The Morgan fingerprint density at radius 3 is 2.83 bits per heavy atom. The third kappa shape index (κ3) is 4.27. The van der Waals surface area contributed by atoms with Crippen LogP contribution in [0.4, 0.5) is 0 Å². The fourth-order valence-corrected chi connectivity index (χ4v) is 4.71. The molecule has 2 saturated heterocycles. The molecule has 3 heterocycles. The summed E-state index contributed by atoms with van der Waals surface area (Å²) >= 11 is 1.88. The molecule has 1 N–H and O–H groups in total. The lowest BCUT2D eigenvalue weighted by Crippen LogP contribution is -2.48. The van der Waals surface area contributed by atoms with Gasteiger partial charge < -0.3 is 10.2 Å². The zero-order chi connectivity index (χ0) is 16.1. The van der Waals surface area contributed by atoms with Crippen LogP contribution in [0.5, 0.6) is 0 Å². The van der Waals surface area contributed by atoms with Crippen LogP contribution in [0.3, 0.4) is 0 Å². The molecule has 2 aliphatic rings. The largest absolute Gasteiger partial charge is 0.354 e. The smallest absolute Gasteiger partial charge is 0.193 e. The molecule has 0 bridgehead atoms. The van der Waals surface area contributed by atoms with Crippen LogP contribution in [0.15, 0.2) is 22.5 Å². The Labute approximate surface area is 144 Å². The van der Waals surface area contributed by atoms with Gasteiger partial charge in [0.2, 0.25) is 0 Å². The fraction of sp³-hybridized carbons (Fsp3) is 0.722. The van der Waals surface area contributed by atoms with E-state index in [1.807, 2.05) is 18.4 Å². The van der Waals surface area contributed by atoms with E-state index in [1.165, 1.54) is 43.6 Å². The molecule has 128 valence electrons. The number of rotatable bonds is 4. The molecule has 2 aliphatic heterocycles. The highest BCUT2D eigenvalue weighted by molar-refractivity contribution is 7.10. The lowest BCUT2D eigenvalue weighted by Gasteiger charge is -2.35. The molecule has 2 fully saturated rings. The second kappa shape index (κ2) is 8.15. The predicted octanol–water partition coefficient (Wildman–Crippen LogP) is 3.19. The van der Waals surface area contributed by atoms with E-state index in [1.54, 1.807) is 0 Å². The average molecular weight is 335 g/mol. The standard InChI is InChI=1S/C18H30N4S/c1-15-7-5-11-22(14-15)18(19-2)20-13-16(17-8-6-12-23-17)21-9-3-4-10-21/h6,8,12,15-16H,3-5,7,9-11,13-14H2,1-2H3,(H,19,20). The van der Waals surface area contributed by atoms with Gasteiger partial charge in [-0.05, 0) is 56.1 Å². The first-order valence-corrected chi connectivity index (χ1v) is 9.89. The number of guanidine groups is 1. The molecule has 4 nitrogen and oxygen atoms in total. The number of hydrogen-bond acceptors (Lipinski definition) is 3. The molecule has 0 aromatic carbocycles. The molecule has 5 heteroatoms. The van der Waals surface area contributed by atoms with Crippen molar-refractivity contribution < 1.29 is 0 Å². The average Bonchev–Trinajstić information content (AvgIpc) is 3.25. The number of aliphatic imine (C=N–C) groups is 1. The maximum absolute atomic E-state index is 4.54. The normalized spacial score (nSPS) is 24.9. The molecular weight excluding hydrogens is 304 g/mol. The second-order valence-corrected chi connectivity index (χ2v) is 7.88. The van der Waals surface area contributed by atoms with Gasteiger partial charge in [-0.25, -0.2) is 0 Å². The highest BCUT2D eigenvalue weighted by Crippen LogP contribution is 2.28. The van der Waals surface area contributed by atoms with Crippen molar-refractivity contribution in [1.82, 2.24) is 15.1 Å². The molecule has 1 aromatic rings. The van der Waals surface area contributed by atoms with Gasteiger partial charge in [-0.3, -0.25) is 9.89 Å². The van der Waals surface area contributed by atoms with Crippen LogP contribution in [0.1, 0.15) is 43.5 Å². The van der Waals surface area contributed by atoms with Crippen molar-refractivity contribution >= 4 is 17.3 Å². The van der Waals surface area contributed by atoms with Gasteiger partial charge in [0.15, 0.2) is 5.96 Å². The summed E-state index contributed by atoms with van der Waals surface area (Å²) in [4.78, 5) is 11.1. The number of nitrogens with zero attached hydrogens (tertiary/aromatic N) is 3. The van der Waals surface area contributed by atoms with E-state index in [4.69, 9.17) is 0 Å². The van der Waals surface area contributed by atoms with E-state index in [-0.39, 0.29) is 0 Å². The van der Waals surface area contributed by atoms with Crippen molar-refractivity contribution in [1.29, 1.82) is 0 Å². The van der Waals surface area contributed by atoms with Gasteiger partial charge in [0.1, 0.15) is 0 Å². The third-order valence-electron chi connectivity index (χ3n) is 5.07. The van der Waals surface area contributed by atoms with Crippen molar-refractivity contribution in [3.63, 3.8) is 0 Å². The van der Waals surface area contributed by atoms with Gasteiger partial charge in [-0.2, -0.15) is 0 Å². The third-order valence-corrected chi connectivity index (χ3v) is 6.05. The first-order valence-electron chi connectivity index (χ1n) is 9.01. The molecular formula is C18H30N4S. The van der Waals surface area contributed by atoms with Crippen LogP contribution >= 0.6 is 11.3 Å². The Morgan fingerprint density at radius 2 is 2.17 bits per heavy atom. The lowest BCUT2D eigenvalue weighted by molar-refractivity contribution is 0.238. The molecule has 0 saturated carbocycles. The fourth-order valence-electron chi connectivity index (χ4n) is 3.85. The minimum atomic E-state index is 0.483. The van der Waals surface area contributed by atoms with Crippen molar-refractivity contribution in [2.24, 2.45) is 10.9 Å². The van der Waals surface area contributed by atoms with Gasteiger partial charge in [0.25, 0.3) is 0 Å². The maximum atomic E-state index is 4.54. The van der Waals surface area contributed by atoms with Crippen molar-refractivity contribution in [3.05, 3.63) is 22.4 Å². The van der Waals surface area contributed by atoms with Crippen LogP contribution < -0.4 is 5.32 Å². The van der Waals surface area contributed by atoms with Gasteiger partial charge in [-0.1, -0.05) is 13.0 Å². The van der Waals surface area contributed by atoms with E-state index in [9.17, 15) is 0 Å². The van der Waals surface area contributed by atoms with Crippen LogP contribution in [-0.4, -0.2) is 55.5 Å². The SMILES string of the molecule is CN=C(NCC(c1cccs1)N1CCCC1)N1CCCC(C)C1. The van der Waals surface area contributed by atoms with Gasteiger partial charge in [0.05, 0.1) is 6.04 Å². The van der Waals surface area contributed by atoms with Crippen molar-refractivity contribution in [3.8, 4) is 0 Å². The minimum Gasteiger partial charge on any atom is -0.354 e. The summed E-state index contributed by atoms with van der Waals surface area (Å²) in [6.07, 6.45) is 5.29. The number of nitrogens with one attached hydrogen (secondary N) is 1. The number of hydrogen-bond donors (Lipinski definition) is 1. The number of thiophene rings is 1. The molecule has 2 atom stereocenters. The molecule has 0 amide bonds. The summed E-state index contributed by atoms with van der Waals surface area (Å²) in [5, 5.41) is 5.86. The Morgan fingerprint density at radius 1 is 1.35 bits per heavy atom. The topological polar surface area (TPSA) is 30.9 Å². The maximum Gasteiger partial charge on any atom is 0.193 e. The minimum absolute atomic E-state index is 0.483. The summed E-state index contributed by atoms with van der Waals surface area (Å²) in [6.45, 7) is 8.02. The van der Waals surface area contributed by atoms with E-state index in [0.717, 1.165) is 31.5 Å². The lowest BCUT2D eigenvalue weighted by atomic mass is 10.0. The summed E-state index contributed by atoms with van der Waals surface area (Å²) in [5.41, 5.74) is 0. The van der Waals surface area contributed by atoms with E-state index < -0.39 is 0 Å². The van der Waals surface area contributed by atoms with Crippen LogP contribution in [0, 0.1) is 5.92 Å². The first kappa shape index (κ1) is 16.8. The summed E-state index contributed by atoms with van der Waals surface area (Å²) < 4.78 is 0. The van der Waals surface area contributed by atoms with Crippen LogP contribution in [0.25, 0.3) is 0 Å². The summed E-state index contributed by atoms with van der Waals surface area (Å²) in [6, 6.07) is 4.93. The molecule has 0 radical (unpaired) electrons. The van der Waals surface area contributed by atoms with Gasteiger partial charge >= 0.3 is 0 Å². The second-order valence-electron chi connectivity index (χ2n) is 6.90. The molecule has 2 unspecified atom stereocenters. The molecule has 0 spiro atoms. The summed E-state index contributed by atoms with van der Waals surface area (Å²) in [7, 11) is 1.91. The van der Waals surface area contributed by atoms with E-state index in [0.29, 0.717) is 6.04 Å². The molecule has 1 aromatic heterocycles. The van der Waals surface area contributed by atoms with Gasteiger partial charge in [0, 0.05) is 31.6 Å². The van der Waals surface area contributed by atoms with Crippen molar-refractivity contribution in [2.75, 3.05) is 39.8 Å². The van der Waals surface area contributed by atoms with Crippen molar-refractivity contribution in [2.45, 2.75) is 38.6 Å². The zero-order valence-corrected chi connectivity index (χ0v) is 15.3. The molecule has 23 heavy (non-hydrogen) atoms. The summed E-state index contributed by atoms with van der Waals surface area (Å²) in [5.74, 6) is 1.85. The van der Waals surface area contributed by atoms with E-state index >= 15 is 0 Å². The predicted molar refractivity (Wildman–Crippen MR) is 99.2 cm³/mol. The van der Waals surface area contributed by atoms with Crippen LogP contribution in [-0.2, 0) is 0 Å². The monoisotopic (exact) mass is 334 g/mol. The van der Waals surface area contributed by atoms with Crippen LogP contribution in [0.2, 0.25) is 0 Å². The first-order chi connectivity index (χ1) is 11.3. The highest BCUT2D eigenvalue weighted by Gasteiger charge is 2.25. The zero-order valence-electron chi connectivity index (χ0n) is 14.5. The highest BCUT2D eigenvalue weighted by atomic mass is 32.1. The Hall–Kier alpha value is -1.07. The Balaban J connectivity index is 1.63.